The van der Waals surface area contributed by atoms with Gasteiger partial charge in [0.2, 0.25) is 10.0 Å². The fraction of sp³-hybridized carbons (Fsp3) is 0.250. The third-order valence-electron chi connectivity index (χ3n) is 2.68. The number of rotatable bonds is 6. The van der Waals surface area contributed by atoms with E-state index < -0.39 is 10.0 Å². The van der Waals surface area contributed by atoms with Crippen LogP contribution < -0.4 is 9.46 Å². The van der Waals surface area contributed by atoms with Crippen LogP contribution in [-0.2, 0) is 23.2 Å². The number of aromatic nitrogens is 1. The molecule has 1 aromatic heterocycles. The highest BCUT2D eigenvalue weighted by Crippen LogP contribution is 2.31. The van der Waals surface area contributed by atoms with Gasteiger partial charge in [0, 0.05) is 28.2 Å². The lowest BCUT2D eigenvalue weighted by atomic mass is 10.2. The Labute approximate surface area is 131 Å². The summed E-state index contributed by atoms with van der Waals surface area (Å²) in [6, 6.07) is 2.75. The van der Waals surface area contributed by atoms with Gasteiger partial charge in [-0.3, -0.25) is 4.98 Å². The van der Waals surface area contributed by atoms with Gasteiger partial charge in [0.1, 0.15) is 10.6 Å². The van der Waals surface area contributed by atoms with E-state index in [1.165, 1.54) is 30.6 Å². The molecular weight excluding hydrogens is 336 g/mol. The minimum atomic E-state index is -3.83. The fourth-order valence-corrected chi connectivity index (χ4v) is 3.92. The number of ether oxygens (including phenoxy) is 1. The summed E-state index contributed by atoms with van der Waals surface area (Å²) in [7, 11) is -2.49. The van der Waals surface area contributed by atoms with Gasteiger partial charge < -0.3 is 9.84 Å². The number of nitrogens with one attached hydrogen (secondary N) is 1. The lowest BCUT2D eigenvalue weighted by molar-refractivity contribution is 0.272. The largest absolute Gasteiger partial charge is 0.495 e. The molecule has 0 radical (unpaired) electrons. The van der Waals surface area contributed by atoms with Gasteiger partial charge in [-0.1, -0.05) is 11.6 Å². The van der Waals surface area contributed by atoms with Crippen molar-refractivity contribution in [2.45, 2.75) is 18.0 Å². The number of aliphatic hydroxyl groups excluding tert-OH is 1. The molecule has 21 heavy (non-hydrogen) atoms. The van der Waals surface area contributed by atoms with Gasteiger partial charge in [-0.15, -0.1) is 11.3 Å². The smallest absolute Gasteiger partial charge is 0.244 e. The van der Waals surface area contributed by atoms with E-state index in [4.69, 9.17) is 16.3 Å². The highest BCUT2D eigenvalue weighted by atomic mass is 35.5. The summed E-state index contributed by atoms with van der Waals surface area (Å²) in [5, 5.41) is 9.49. The van der Waals surface area contributed by atoms with E-state index >= 15 is 0 Å². The van der Waals surface area contributed by atoms with E-state index in [-0.39, 0.29) is 28.8 Å². The van der Waals surface area contributed by atoms with Gasteiger partial charge in [-0.05, 0) is 12.1 Å². The Kier molecular flexibility index (Phi) is 5.17. The lowest BCUT2D eigenvalue weighted by Crippen LogP contribution is -2.23. The molecule has 114 valence electrons. The normalized spacial score (nSPS) is 11.6. The Morgan fingerprint density at radius 1 is 1.48 bits per heavy atom. The summed E-state index contributed by atoms with van der Waals surface area (Å²) in [6.07, 6.45) is 1.58. The first-order valence-corrected chi connectivity index (χ1v) is 8.56. The van der Waals surface area contributed by atoms with E-state index in [9.17, 15) is 13.5 Å². The molecule has 0 saturated carbocycles. The average molecular weight is 349 g/mol. The zero-order valence-electron chi connectivity index (χ0n) is 11.0. The zero-order chi connectivity index (χ0) is 15.5. The number of methoxy groups -OCH3 is 1. The Balaban J connectivity index is 2.36. The van der Waals surface area contributed by atoms with Crippen molar-refractivity contribution in [2.75, 3.05) is 7.11 Å². The van der Waals surface area contributed by atoms with E-state index in [0.717, 1.165) is 4.88 Å². The third-order valence-corrected chi connectivity index (χ3v) is 5.08. The minimum absolute atomic E-state index is 0.0821. The molecule has 0 amide bonds. The molecule has 1 heterocycles. The van der Waals surface area contributed by atoms with E-state index in [1.807, 2.05) is 0 Å². The molecule has 0 spiro atoms. The first-order chi connectivity index (χ1) is 9.97. The Bertz CT molecular complexity index is 717. The number of aliphatic hydroxyl groups is 1. The van der Waals surface area contributed by atoms with Crippen LogP contribution in [-0.4, -0.2) is 25.6 Å². The highest BCUT2D eigenvalue weighted by Gasteiger charge is 2.22. The van der Waals surface area contributed by atoms with Crippen molar-refractivity contribution in [1.29, 1.82) is 0 Å². The van der Waals surface area contributed by atoms with Gasteiger partial charge in [-0.25, -0.2) is 13.1 Å². The molecule has 2 N–H and O–H groups in total. The molecule has 0 unspecified atom stereocenters. The number of halogens is 1. The number of hydrogen-bond acceptors (Lipinski definition) is 6. The van der Waals surface area contributed by atoms with E-state index in [1.54, 1.807) is 11.7 Å². The molecule has 0 saturated heterocycles. The zero-order valence-corrected chi connectivity index (χ0v) is 13.4. The second-order valence-corrected chi connectivity index (χ2v) is 7.19. The van der Waals surface area contributed by atoms with Crippen LogP contribution in [0.3, 0.4) is 0 Å². The van der Waals surface area contributed by atoms with Gasteiger partial charge in [0.05, 0.1) is 19.2 Å². The number of thiazole rings is 1. The van der Waals surface area contributed by atoms with Crippen molar-refractivity contribution < 1.29 is 18.3 Å². The molecule has 0 aliphatic carbocycles. The summed E-state index contributed by atoms with van der Waals surface area (Å²) in [4.78, 5) is 4.55. The molecule has 0 bridgehead atoms. The maximum absolute atomic E-state index is 12.4. The minimum Gasteiger partial charge on any atom is -0.495 e. The van der Waals surface area contributed by atoms with Crippen LogP contribution in [0.25, 0.3) is 0 Å². The topological polar surface area (TPSA) is 88.5 Å². The summed E-state index contributed by atoms with van der Waals surface area (Å²) in [6.45, 7) is -0.252. The molecule has 0 fully saturated rings. The summed E-state index contributed by atoms with van der Waals surface area (Å²) < 4.78 is 32.3. The maximum Gasteiger partial charge on any atom is 0.244 e. The van der Waals surface area contributed by atoms with Crippen molar-refractivity contribution in [1.82, 2.24) is 9.71 Å². The number of benzene rings is 1. The van der Waals surface area contributed by atoms with E-state index in [0.29, 0.717) is 5.56 Å². The molecule has 0 aliphatic rings. The maximum atomic E-state index is 12.4. The molecule has 0 aliphatic heterocycles. The van der Waals surface area contributed by atoms with Crippen molar-refractivity contribution >= 4 is 33.0 Å². The molecule has 6 nitrogen and oxygen atoms in total. The van der Waals surface area contributed by atoms with Gasteiger partial charge in [0.15, 0.2) is 0 Å². The van der Waals surface area contributed by atoms with Crippen molar-refractivity contribution in [2.24, 2.45) is 0 Å². The van der Waals surface area contributed by atoms with Crippen molar-refractivity contribution in [3.05, 3.63) is 39.3 Å². The van der Waals surface area contributed by atoms with Crippen molar-refractivity contribution in [3.63, 3.8) is 0 Å². The molecule has 0 atom stereocenters. The second kappa shape index (κ2) is 6.71. The monoisotopic (exact) mass is 348 g/mol. The summed E-state index contributed by atoms with van der Waals surface area (Å²) >= 11 is 7.24. The van der Waals surface area contributed by atoms with Crippen LogP contribution in [0.15, 0.2) is 28.7 Å². The first kappa shape index (κ1) is 16.2. The third kappa shape index (κ3) is 3.72. The quantitative estimate of drug-likeness (QED) is 0.830. The standard InChI is InChI=1S/C12H13ClN2O4S2/c1-19-12-8(6-16)2-9(13)3-11(12)21(17,18)15-5-10-4-14-7-20-10/h2-4,7,15-16H,5-6H2,1H3. The van der Waals surface area contributed by atoms with Gasteiger partial charge >= 0.3 is 0 Å². The number of nitrogens with zero attached hydrogens (tertiary/aromatic N) is 1. The Morgan fingerprint density at radius 2 is 2.24 bits per heavy atom. The Morgan fingerprint density at radius 3 is 2.81 bits per heavy atom. The number of hydrogen-bond donors (Lipinski definition) is 2. The first-order valence-electron chi connectivity index (χ1n) is 5.82. The summed E-state index contributed by atoms with van der Waals surface area (Å²) in [5.74, 6) is 0.0821. The second-order valence-electron chi connectivity index (χ2n) is 4.05. The van der Waals surface area contributed by atoms with E-state index in [2.05, 4.69) is 9.71 Å². The SMILES string of the molecule is COc1c(CO)cc(Cl)cc1S(=O)(=O)NCc1cncs1. The van der Waals surface area contributed by atoms with Crippen LogP contribution in [0.1, 0.15) is 10.4 Å². The van der Waals surface area contributed by atoms with Crippen LogP contribution in [0.4, 0.5) is 0 Å². The predicted molar refractivity (Wildman–Crippen MR) is 80.1 cm³/mol. The summed E-state index contributed by atoms with van der Waals surface area (Å²) in [5.41, 5.74) is 1.93. The fourth-order valence-electron chi connectivity index (χ4n) is 1.74. The number of sulfonamides is 1. The average Bonchev–Trinajstić information content (AvgIpc) is 2.97. The van der Waals surface area contributed by atoms with Crippen LogP contribution in [0.5, 0.6) is 5.75 Å². The highest BCUT2D eigenvalue weighted by molar-refractivity contribution is 7.89. The molecule has 2 rings (SSSR count). The van der Waals surface area contributed by atoms with Gasteiger partial charge in [-0.2, -0.15) is 0 Å². The van der Waals surface area contributed by atoms with Crippen LogP contribution in [0, 0.1) is 0 Å². The molecule has 9 heteroatoms. The van der Waals surface area contributed by atoms with Crippen molar-refractivity contribution in [3.8, 4) is 5.75 Å². The lowest BCUT2D eigenvalue weighted by Gasteiger charge is -2.14. The predicted octanol–water partition coefficient (Wildman–Crippen LogP) is 1.78. The van der Waals surface area contributed by atoms with Crippen LogP contribution in [0.2, 0.25) is 5.02 Å². The van der Waals surface area contributed by atoms with Gasteiger partial charge in [0.25, 0.3) is 0 Å². The van der Waals surface area contributed by atoms with Crippen LogP contribution >= 0.6 is 22.9 Å². The molecular formula is C12H13ClN2O4S2. The molecule has 1 aromatic carbocycles. The Hall–Kier alpha value is -1.19. The molecule has 2 aromatic rings.